The second kappa shape index (κ2) is 6.69. The first kappa shape index (κ1) is 15.3. The summed E-state index contributed by atoms with van der Waals surface area (Å²) < 4.78 is 11.3. The van der Waals surface area contributed by atoms with Gasteiger partial charge in [-0.2, -0.15) is 0 Å². The van der Waals surface area contributed by atoms with E-state index in [1.807, 2.05) is 54.6 Å². The second-order valence-electron chi connectivity index (χ2n) is 5.87. The summed E-state index contributed by atoms with van der Waals surface area (Å²) in [4.78, 5) is 12.0. The number of rotatable bonds is 3. The van der Waals surface area contributed by atoms with Crippen LogP contribution in [0.4, 0.5) is 10.5 Å². The molecule has 3 aromatic rings. The van der Waals surface area contributed by atoms with Gasteiger partial charge < -0.3 is 9.47 Å². The van der Waals surface area contributed by atoms with Gasteiger partial charge in [-0.25, -0.2) is 4.79 Å². The minimum atomic E-state index is -0.524. The van der Waals surface area contributed by atoms with Crippen molar-refractivity contribution in [2.24, 2.45) is 0 Å². The minimum absolute atomic E-state index is 0.0164. The summed E-state index contributed by atoms with van der Waals surface area (Å²) in [7, 11) is 0. The number of fused-ring (bicyclic) bond motifs is 1. The van der Waals surface area contributed by atoms with Gasteiger partial charge >= 0.3 is 6.09 Å². The van der Waals surface area contributed by atoms with E-state index in [4.69, 9.17) is 9.47 Å². The van der Waals surface area contributed by atoms with Crippen molar-refractivity contribution in [3.63, 3.8) is 0 Å². The predicted octanol–water partition coefficient (Wildman–Crippen LogP) is 4.97. The fourth-order valence-corrected chi connectivity index (χ4v) is 2.90. The fourth-order valence-electron chi connectivity index (χ4n) is 2.90. The number of carbonyl (C=O) groups is 1. The number of hydrogen-bond acceptors (Lipinski definition) is 3. The van der Waals surface area contributed by atoms with Gasteiger partial charge in [-0.05, 0) is 29.3 Å². The highest BCUT2D eigenvalue weighted by Gasteiger charge is 2.24. The first-order valence-electron chi connectivity index (χ1n) is 8.16. The lowest BCUT2D eigenvalue weighted by molar-refractivity contribution is 0.215. The van der Waals surface area contributed by atoms with Gasteiger partial charge in [0.2, 0.25) is 0 Å². The van der Waals surface area contributed by atoms with Crippen LogP contribution in [0.2, 0.25) is 0 Å². The fraction of sp³-hybridized carbons (Fsp3) is 0.0952. The zero-order valence-corrected chi connectivity index (χ0v) is 13.5. The molecule has 1 N–H and O–H groups in total. The molecule has 1 amide bonds. The van der Waals surface area contributed by atoms with E-state index < -0.39 is 6.09 Å². The van der Waals surface area contributed by atoms with Crippen molar-refractivity contribution in [3.05, 3.63) is 90.0 Å². The molecule has 25 heavy (non-hydrogen) atoms. The van der Waals surface area contributed by atoms with Gasteiger partial charge in [0.05, 0.1) is 0 Å². The van der Waals surface area contributed by atoms with Crippen molar-refractivity contribution in [1.29, 1.82) is 0 Å². The van der Waals surface area contributed by atoms with E-state index in [0.717, 1.165) is 23.3 Å². The number of carbonyl (C=O) groups excluding carboxylic acids is 1. The predicted molar refractivity (Wildman–Crippen MR) is 96.0 cm³/mol. The lowest BCUT2D eigenvalue weighted by Crippen LogP contribution is -2.16. The Morgan fingerprint density at radius 1 is 0.960 bits per heavy atom. The highest BCUT2D eigenvalue weighted by Crippen LogP contribution is 2.38. The Bertz CT molecular complexity index is 878. The molecule has 1 aliphatic rings. The average molecular weight is 331 g/mol. The number of hydrogen-bond donors (Lipinski definition) is 1. The molecule has 0 spiro atoms. The summed E-state index contributed by atoms with van der Waals surface area (Å²) in [6, 6.07) is 24.8. The molecule has 4 rings (SSSR count). The van der Waals surface area contributed by atoms with E-state index in [1.54, 1.807) is 12.1 Å². The molecule has 1 aliphatic heterocycles. The number of anilines is 1. The third-order valence-corrected chi connectivity index (χ3v) is 4.11. The number of nitrogens with one attached hydrogen (secondary N) is 1. The molecule has 0 aromatic heterocycles. The number of ether oxygens (including phenoxy) is 2. The number of amides is 1. The first-order valence-corrected chi connectivity index (χ1v) is 8.16. The van der Waals surface area contributed by atoms with Crippen molar-refractivity contribution in [2.75, 3.05) is 5.32 Å². The van der Waals surface area contributed by atoms with Crippen molar-refractivity contribution in [3.8, 4) is 11.5 Å². The molecule has 4 heteroatoms. The maximum atomic E-state index is 12.0. The summed E-state index contributed by atoms with van der Waals surface area (Å²) in [5, 5.41) is 2.73. The minimum Gasteiger partial charge on any atom is -0.485 e. The van der Waals surface area contributed by atoms with Crippen LogP contribution in [0.1, 0.15) is 17.2 Å². The van der Waals surface area contributed by atoms with Crippen LogP contribution < -0.4 is 14.8 Å². The van der Waals surface area contributed by atoms with E-state index in [2.05, 4.69) is 17.4 Å². The third-order valence-electron chi connectivity index (χ3n) is 4.11. The molecule has 1 unspecified atom stereocenters. The molecular weight excluding hydrogens is 314 g/mol. The Kier molecular flexibility index (Phi) is 4.09. The smallest absolute Gasteiger partial charge is 0.417 e. The topological polar surface area (TPSA) is 47.6 Å². The van der Waals surface area contributed by atoms with Crippen LogP contribution >= 0.6 is 0 Å². The zero-order valence-electron chi connectivity index (χ0n) is 13.5. The van der Waals surface area contributed by atoms with Gasteiger partial charge in [0.15, 0.2) is 0 Å². The van der Waals surface area contributed by atoms with Gasteiger partial charge in [0.1, 0.15) is 17.6 Å². The van der Waals surface area contributed by atoms with Crippen LogP contribution in [0.5, 0.6) is 11.5 Å². The van der Waals surface area contributed by atoms with Crippen LogP contribution in [0.3, 0.4) is 0 Å². The molecule has 1 atom stereocenters. The van der Waals surface area contributed by atoms with E-state index in [-0.39, 0.29) is 6.10 Å². The lowest BCUT2D eigenvalue weighted by atomic mass is 10.0. The van der Waals surface area contributed by atoms with E-state index in [9.17, 15) is 4.79 Å². The largest absolute Gasteiger partial charge is 0.485 e. The molecule has 0 fully saturated rings. The van der Waals surface area contributed by atoms with Crippen molar-refractivity contribution < 1.29 is 14.3 Å². The van der Waals surface area contributed by atoms with Gasteiger partial charge in [0, 0.05) is 18.2 Å². The van der Waals surface area contributed by atoms with Crippen molar-refractivity contribution >= 4 is 11.8 Å². The van der Waals surface area contributed by atoms with Crippen LogP contribution in [0, 0.1) is 0 Å². The molecule has 0 aliphatic carbocycles. The van der Waals surface area contributed by atoms with Gasteiger partial charge in [-0.3, -0.25) is 5.32 Å². The summed E-state index contributed by atoms with van der Waals surface area (Å²) in [6.07, 6.45) is 0.320. The SMILES string of the molecule is O=C(Nc1ccc2c(c1)OC(c1ccccc1)C2)Oc1ccccc1. The molecule has 0 radical (unpaired) electrons. The van der Waals surface area contributed by atoms with Crippen LogP contribution in [0.25, 0.3) is 0 Å². The first-order chi connectivity index (χ1) is 12.3. The Labute approximate surface area is 146 Å². The maximum Gasteiger partial charge on any atom is 0.417 e. The van der Waals surface area contributed by atoms with Gasteiger partial charge in [0.25, 0.3) is 0 Å². The van der Waals surface area contributed by atoms with E-state index >= 15 is 0 Å². The van der Waals surface area contributed by atoms with E-state index in [1.165, 1.54) is 0 Å². The summed E-state index contributed by atoms with van der Waals surface area (Å²) in [6.45, 7) is 0. The van der Waals surface area contributed by atoms with Gasteiger partial charge in [-0.15, -0.1) is 0 Å². The normalized spacial score (nSPS) is 15.1. The summed E-state index contributed by atoms with van der Waals surface area (Å²) in [5.74, 6) is 1.30. The highest BCUT2D eigenvalue weighted by molar-refractivity contribution is 5.86. The molecule has 4 nitrogen and oxygen atoms in total. The Balaban J connectivity index is 1.44. The Morgan fingerprint density at radius 3 is 2.44 bits per heavy atom. The summed E-state index contributed by atoms with van der Waals surface area (Å²) >= 11 is 0. The molecule has 124 valence electrons. The third kappa shape index (κ3) is 3.48. The highest BCUT2D eigenvalue weighted by atomic mass is 16.6. The summed E-state index contributed by atoms with van der Waals surface area (Å²) in [5.41, 5.74) is 2.93. The van der Waals surface area contributed by atoms with E-state index in [0.29, 0.717) is 11.4 Å². The van der Waals surface area contributed by atoms with Crippen molar-refractivity contribution in [1.82, 2.24) is 0 Å². The molecule has 0 bridgehead atoms. The monoisotopic (exact) mass is 331 g/mol. The quantitative estimate of drug-likeness (QED) is 0.737. The second-order valence-corrected chi connectivity index (χ2v) is 5.87. The molecule has 0 saturated heterocycles. The van der Waals surface area contributed by atoms with Crippen molar-refractivity contribution in [2.45, 2.75) is 12.5 Å². The standard InChI is InChI=1S/C21H17NO3/c23-21(24-18-9-5-2-6-10-18)22-17-12-11-16-13-19(25-20(16)14-17)15-7-3-1-4-8-15/h1-12,14,19H,13H2,(H,22,23). The average Bonchev–Trinajstić information content (AvgIpc) is 3.06. The molecule has 1 heterocycles. The van der Waals surface area contributed by atoms with Crippen LogP contribution in [0.15, 0.2) is 78.9 Å². The zero-order chi connectivity index (χ0) is 17.1. The number of para-hydroxylation sites is 1. The maximum absolute atomic E-state index is 12.0. The number of benzene rings is 3. The molecule has 0 saturated carbocycles. The van der Waals surface area contributed by atoms with Gasteiger partial charge in [-0.1, -0.05) is 54.6 Å². The van der Waals surface area contributed by atoms with Crippen LogP contribution in [-0.4, -0.2) is 6.09 Å². The van der Waals surface area contributed by atoms with Crippen LogP contribution in [-0.2, 0) is 6.42 Å². The molecule has 3 aromatic carbocycles. The Hall–Kier alpha value is -3.27. The Morgan fingerprint density at radius 2 is 1.68 bits per heavy atom. The molecular formula is C21H17NO3. The lowest BCUT2D eigenvalue weighted by Gasteiger charge is -2.11.